The molecule has 0 aliphatic carbocycles. The number of unbranched alkanes of at least 4 members (excludes halogenated alkanes) is 13. The molecule has 0 rings (SSSR count). The van der Waals surface area contributed by atoms with Crippen LogP contribution in [0.3, 0.4) is 0 Å². The van der Waals surface area contributed by atoms with Crippen LogP contribution in [-0.4, -0.2) is 73.4 Å². The van der Waals surface area contributed by atoms with Crippen molar-refractivity contribution in [2.45, 2.75) is 180 Å². The molecule has 0 aliphatic heterocycles. The molecule has 0 spiro atoms. The molecule has 9 heteroatoms. The minimum atomic E-state index is -4.36. The number of carbonyl (C=O) groups excluding carboxylic acids is 1. The average molecular weight is 884 g/mol. The SMILES string of the molecule is CC/C=C\C/C=C\C/C=C\C/C=C\C/C=C\C/C=C\C/C=C\CCCCCCCC(=O)NC(COP(=O)(O)OCC[N+](C)(C)C)C(O)/C=C/CC/C=C/CCCCCCCCC. The fourth-order valence-corrected chi connectivity index (χ4v) is 6.89. The van der Waals surface area contributed by atoms with Crippen molar-refractivity contribution in [1.82, 2.24) is 5.32 Å². The lowest BCUT2D eigenvalue weighted by Gasteiger charge is -2.25. The number of amides is 1. The van der Waals surface area contributed by atoms with Crippen LogP contribution in [0.15, 0.2) is 109 Å². The number of phosphoric ester groups is 1. The van der Waals surface area contributed by atoms with Gasteiger partial charge < -0.3 is 19.8 Å². The molecule has 0 saturated carbocycles. The van der Waals surface area contributed by atoms with Crippen LogP contribution in [0.2, 0.25) is 0 Å². The van der Waals surface area contributed by atoms with E-state index in [0.29, 0.717) is 17.4 Å². The molecule has 0 aliphatic rings. The van der Waals surface area contributed by atoms with Gasteiger partial charge in [0.25, 0.3) is 0 Å². The molecular weight excluding hydrogens is 792 g/mol. The van der Waals surface area contributed by atoms with Crippen molar-refractivity contribution in [2.24, 2.45) is 0 Å². The lowest BCUT2D eigenvalue weighted by molar-refractivity contribution is -0.870. The third-order valence-corrected chi connectivity index (χ3v) is 11.0. The molecule has 3 N–H and O–H groups in total. The van der Waals surface area contributed by atoms with Gasteiger partial charge in [-0.1, -0.05) is 181 Å². The number of nitrogens with zero attached hydrogens (tertiary/aromatic N) is 1. The summed E-state index contributed by atoms with van der Waals surface area (Å²) in [4.78, 5) is 23.2. The van der Waals surface area contributed by atoms with E-state index >= 15 is 0 Å². The number of likely N-dealkylation sites (N-methyl/N-ethyl adjacent to an activating group) is 1. The van der Waals surface area contributed by atoms with E-state index in [-0.39, 0.29) is 19.1 Å². The Morgan fingerprint density at radius 3 is 1.48 bits per heavy atom. The van der Waals surface area contributed by atoms with Gasteiger partial charge in [-0.25, -0.2) is 4.57 Å². The molecule has 0 bridgehead atoms. The Balaban J connectivity index is 4.39. The molecule has 0 fully saturated rings. The topological polar surface area (TPSA) is 105 Å². The summed E-state index contributed by atoms with van der Waals surface area (Å²) in [6.45, 7) is 4.62. The maximum absolute atomic E-state index is 12.9. The molecule has 0 aromatic rings. The maximum Gasteiger partial charge on any atom is 0.472 e. The predicted octanol–water partition coefficient (Wildman–Crippen LogP) is 14.1. The van der Waals surface area contributed by atoms with E-state index in [1.54, 1.807) is 6.08 Å². The van der Waals surface area contributed by atoms with E-state index in [1.807, 2.05) is 27.2 Å². The lowest BCUT2D eigenvalue weighted by Crippen LogP contribution is -2.45. The average Bonchev–Trinajstić information content (AvgIpc) is 3.23. The molecule has 8 nitrogen and oxygen atoms in total. The number of quaternary nitrogens is 1. The summed E-state index contributed by atoms with van der Waals surface area (Å²) in [5.74, 6) is -0.213. The van der Waals surface area contributed by atoms with E-state index < -0.39 is 20.0 Å². The Kier molecular flexibility index (Phi) is 41.4. The van der Waals surface area contributed by atoms with Gasteiger partial charge in [0, 0.05) is 6.42 Å². The molecular formula is C53H92N2O6P+. The standard InChI is InChI=1S/C53H91N2O6P/c1-6-8-10-12-14-16-18-20-21-22-23-24-25-26-27-28-29-30-31-32-33-35-37-39-41-43-45-47-53(57)54-51(50-61-62(58,59)60-49-48-55(3,4)5)52(56)46-44-42-40-38-36-34-19-17-15-13-11-9-7-2/h8,10,14,16,20-21,23-24,26-27,29-30,32-33,36,38,44,46,51-52,56H,6-7,9,11-13,15,17-19,22,25,28,31,34-35,37,39-43,45,47-50H2,1-5H3,(H-,54,57,58,59)/p+1/b10-8-,16-14-,21-20-,24-23-,27-26-,30-29-,33-32-,38-36+,46-44+. The number of aliphatic hydroxyl groups excluding tert-OH is 1. The largest absolute Gasteiger partial charge is 0.472 e. The second-order valence-corrected chi connectivity index (χ2v) is 18.5. The van der Waals surface area contributed by atoms with E-state index in [4.69, 9.17) is 9.05 Å². The van der Waals surface area contributed by atoms with Gasteiger partial charge in [-0.15, -0.1) is 0 Å². The third kappa shape index (κ3) is 45.2. The highest BCUT2D eigenvalue weighted by Gasteiger charge is 2.27. The molecule has 62 heavy (non-hydrogen) atoms. The second-order valence-electron chi connectivity index (χ2n) is 17.1. The minimum absolute atomic E-state index is 0.0455. The first-order valence-electron chi connectivity index (χ1n) is 24.3. The first-order valence-corrected chi connectivity index (χ1v) is 25.8. The van der Waals surface area contributed by atoms with Crippen LogP contribution in [0.5, 0.6) is 0 Å². The van der Waals surface area contributed by atoms with Crippen molar-refractivity contribution < 1.29 is 32.9 Å². The van der Waals surface area contributed by atoms with Gasteiger partial charge >= 0.3 is 7.82 Å². The van der Waals surface area contributed by atoms with Gasteiger partial charge in [-0.2, -0.15) is 0 Å². The van der Waals surface area contributed by atoms with Crippen molar-refractivity contribution in [3.05, 3.63) is 109 Å². The highest BCUT2D eigenvalue weighted by Crippen LogP contribution is 2.43. The Morgan fingerprint density at radius 1 is 0.565 bits per heavy atom. The maximum atomic E-state index is 12.9. The van der Waals surface area contributed by atoms with E-state index in [9.17, 15) is 19.4 Å². The van der Waals surface area contributed by atoms with Crippen molar-refractivity contribution in [2.75, 3.05) is 40.9 Å². The number of hydrogen-bond acceptors (Lipinski definition) is 5. The van der Waals surface area contributed by atoms with E-state index in [2.05, 4.69) is 116 Å². The number of allylic oxidation sites excluding steroid dienone is 17. The highest BCUT2D eigenvalue weighted by atomic mass is 31.2. The molecule has 1 amide bonds. The summed E-state index contributed by atoms with van der Waals surface area (Å²) < 4.78 is 23.5. The first kappa shape index (κ1) is 59.2. The zero-order valence-corrected chi connectivity index (χ0v) is 41.0. The highest BCUT2D eigenvalue weighted by molar-refractivity contribution is 7.47. The number of hydrogen-bond donors (Lipinski definition) is 3. The van der Waals surface area contributed by atoms with Crippen molar-refractivity contribution >= 4 is 13.7 Å². The molecule has 3 unspecified atom stereocenters. The Bertz CT molecular complexity index is 1370. The molecule has 3 atom stereocenters. The smallest absolute Gasteiger partial charge is 0.387 e. The van der Waals surface area contributed by atoms with Crippen molar-refractivity contribution in [1.29, 1.82) is 0 Å². The quantitative estimate of drug-likeness (QED) is 0.0244. The Hall–Kier alpha value is -2.84. The van der Waals surface area contributed by atoms with Crippen LogP contribution in [0.1, 0.15) is 168 Å². The number of aliphatic hydroxyl groups is 1. The van der Waals surface area contributed by atoms with Crippen LogP contribution in [0, 0.1) is 0 Å². The number of phosphoric acid groups is 1. The van der Waals surface area contributed by atoms with Gasteiger partial charge in [-0.05, 0) is 89.9 Å². The molecule has 0 aromatic carbocycles. The van der Waals surface area contributed by atoms with Crippen LogP contribution in [0.25, 0.3) is 0 Å². The minimum Gasteiger partial charge on any atom is -0.387 e. The summed E-state index contributed by atoms with van der Waals surface area (Å²) in [5, 5.41) is 13.8. The molecule has 0 saturated heterocycles. The van der Waals surface area contributed by atoms with Crippen LogP contribution < -0.4 is 5.32 Å². The summed E-state index contributed by atoms with van der Waals surface area (Å²) in [6, 6.07) is -0.881. The van der Waals surface area contributed by atoms with Gasteiger partial charge in [0.05, 0.1) is 39.9 Å². The molecule has 0 aromatic heterocycles. The Morgan fingerprint density at radius 2 is 0.984 bits per heavy atom. The normalized spacial score (nSPS) is 15.1. The van der Waals surface area contributed by atoms with Gasteiger partial charge in [0.15, 0.2) is 0 Å². The van der Waals surface area contributed by atoms with E-state index in [0.717, 1.165) is 103 Å². The number of carbonyl (C=O) groups is 1. The predicted molar refractivity (Wildman–Crippen MR) is 267 cm³/mol. The Labute approximate surface area is 381 Å². The van der Waals surface area contributed by atoms with Crippen molar-refractivity contribution in [3.8, 4) is 0 Å². The van der Waals surface area contributed by atoms with E-state index in [1.165, 1.54) is 44.9 Å². The summed E-state index contributed by atoms with van der Waals surface area (Å²) in [7, 11) is 1.52. The lowest BCUT2D eigenvalue weighted by atomic mass is 10.1. The summed E-state index contributed by atoms with van der Waals surface area (Å²) in [6.07, 6.45) is 63.1. The second kappa shape index (κ2) is 43.4. The fraction of sp³-hybridized carbons (Fsp3) is 0.642. The summed E-state index contributed by atoms with van der Waals surface area (Å²) in [5.41, 5.74) is 0. The van der Waals surface area contributed by atoms with Gasteiger partial charge in [0.1, 0.15) is 13.2 Å². The molecule has 0 radical (unpaired) electrons. The molecule has 0 heterocycles. The fourth-order valence-electron chi connectivity index (χ4n) is 6.15. The van der Waals surface area contributed by atoms with Crippen LogP contribution >= 0.6 is 7.82 Å². The van der Waals surface area contributed by atoms with Crippen LogP contribution in [0.4, 0.5) is 0 Å². The zero-order valence-electron chi connectivity index (χ0n) is 40.1. The number of nitrogens with one attached hydrogen (secondary N) is 1. The van der Waals surface area contributed by atoms with Crippen LogP contribution in [-0.2, 0) is 18.4 Å². The monoisotopic (exact) mass is 884 g/mol. The zero-order chi connectivity index (χ0) is 45.7. The molecule has 354 valence electrons. The third-order valence-electron chi connectivity index (χ3n) is 9.98. The van der Waals surface area contributed by atoms with Gasteiger partial charge in [-0.3, -0.25) is 13.8 Å². The number of rotatable bonds is 42. The van der Waals surface area contributed by atoms with Gasteiger partial charge in [0.2, 0.25) is 5.91 Å². The summed E-state index contributed by atoms with van der Waals surface area (Å²) >= 11 is 0. The first-order chi connectivity index (χ1) is 30.0. The van der Waals surface area contributed by atoms with Crippen molar-refractivity contribution in [3.63, 3.8) is 0 Å².